The highest BCUT2D eigenvalue weighted by Gasteiger charge is 2.22. The summed E-state index contributed by atoms with van der Waals surface area (Å²) >= 11 is 0. The number of pyridine rings is 1. The summed E-state index contributed by atoms with van der Waals surface area (Å²) in [6.07, 6.45) is 1.53. The van der Waals surface area contributed by atoms with E-state index in [0.717, 1.165) is 0 Å². The Labute approximate surface area is 96.3 Å². The highest BCUT2D eigenvalue weighted by Crippen LogP contribution is 2.18. The molecular formula is C12H19N3O. The van der Waals surface area contributed by atoms with E-state index in [0.29, 0.717) is 11.4 Å². The predicted octanol–water partition coefficient (Wildman–Crippen LogP) is 1.83. The van der Waals surface area contributed by atoms with Crippen molar-refractivity contribution in [2.24, 2.45) is 5.41 Å². The molecule has 0 spiro atoms. The Morgan fingerprint density at radius 1 is 1.50 bits per heavy atom. The third-order valence-electron chi connectivity index (χ3n) is 2.66. The molecule has 0 radical (unpaired) electrons. The number of amides is 1. The number of hydrogen-bond donors (Lipinski definition) is 2. The molecule has 1 rings (SSSR count). The van der Waals surface area contributed by atoms with Crippen LogP contribution in [-0.4, -0.2) is 16.9 Å². The van der Waals surface area contributed by atoms with Crippen molar-refractivity contribution < 1.29 is 4.79 Å². The Bertz CT molecular complexity index is 382. The van der Waals surface area contributed by atoms with Gasteiger partial charge in [0.2, 0.25) is 0 Å². The van der Waals surface area contributed by atoms with Crippen molar-refractivity contribution in [2.45, 2.75) is 33.7 Å². The van der Waals surface area contributed by atoms with Crippen LogP contribution in [0.25, 0.3) is 0 Å². The number of aromatic nitrogens is 1. The molecular weight excluding hydrogens is 202 g/mol. The van der Waals surface area contributed by atoms with Gasteiger partial charge in [-0.3, -0.25) is 9.78 Å². The van der Waals surface area contributed by atoms with E-state index in [1.165, 1.54) is 6.20 Å². The zero-order chi connectivity index (χ0) is 12.3. The summed E-state index contributed by atoms with van der Waals surface area (Å²) in [5, 5.41) is 2.91. The van der Waals surface area contributed by atoms with Crippen LogP contribution in [0.2, 0.25) is 0 Å². The molecule has 0 saturated carbocycles. The lowest BCUT2D eigenvalue weighted by molar-refractivity contribution is 0.0905. The van der Waals surface area contributed by atoms with E-state index in [9.17, 15) is 4.79 Å². The normalized spacial score (nSPS) is 13.2. The maximum Gasteiger partial charge on any atom is 0.270 e. The molecule has 1 heterocycles. The minimum Gasteiger partial charge on any atom is -0.399 e. The van der Waals surface area contributed by atoms with Gasteiger partial charge in [-0.15, -0.1) is 0 Å². The zero-order valence-corrected chi connectivity index (χ0v) is 10.2. The first-order valence-corrected chi connectivity index (χ1v) is 5.33. The Hall–Kier alpha value is -1.58. The van der Waals surface area contributed by atoms with Crippen LogP contribution in [0.4, 0.5) is 5.69 Å². The van der Waals surface area contributed by atoms with E-state index in [-0.39, 0.29) is 17.4 Å². The minimum absolute atomic E-state index is 0.0238. The first-order chi connectivity index (χ1) is 7.30. The Balaban J connectivity index is 2.74. The number of nitrogens with two attached hydrogens (primary N) is 1. The van der Waals surface area contributed by atoms with E-state index in [2.05, 4.69) is 31.1 Å². The van der Waals surface area contributed by atoms with Gasteiger partial charge in [-0.2, -0.15) is 0 Å². The number of carbonyl (C=O) groups is 1. The van der Waals surface area contributed by atoms with Crippen LogP contribution in [0.5, 0.6) is 0 Å². The van der Waals surface area contributed by atoms with Gasteiger partial charge in [0.25, 0.3) is 5.91 Å². The quantitative estimate of drug-likeness (QED) is 0.800. The fraction of sp³-hybridized carbons (Fsp3) is 0.500. The van der Waals surface area contributed by atoms with Crippen LogP contribution in [0.3, 0.4) is 0 Å². The van der Waals surface area contributed by atoms with Gasteiger partial charge >= 0.3 is 0 Å². The van der Waals surface area contributed by atoms with Gasteiger partial charge in [-0.05, 0) is 24.5 Å². The van der Waals surface area contributed by atoms with Gasteiger partial charge in [-0.1, -0.05) is 20.8 Å². The highest BCUT2D eigenvalue weighted by molar-refractivity contribution is 5.93. The van der Waals surface area contributed by atoms with Crippen molar-refractivity contribution in [1.29, 1.82) is 0 Å². The first-order valence-electron chi connectivity index (χ1n) is 5.33. The van der Waals surface area contributed by atoms with Crippen molar-refractivity contribution in [2.75, 3.05) is 5.73 Å². The van der Waals surface area contributed by atoms with Gasteiger partial charge in [0, 0.05) is 17.9 Å². The lowest BCUT2D eigenvalue weighted by Crippen LogP contribution is -2.41. The molecule has 0 saturated heterocycles. The molecule has 0 fully saturated rings. The molecule has 1 unspecified atom stereocenters. The Kier molecular flexibility index (Phi) is 3.52. The number of anilines is 1. The Morgan fingerprint density at radius 3 is 2.62 bits per heavy atom. The minimum atomic E-state index is -0.185. The lowest BCUT2D eigenvalue weighted by atomic mass is 9.88. The highest BCUT2D eigenvalue weighted by atomic mass is 16.1. The molecule has 0 bridgehead atoms. The van der Waals surface area contributed by atoms with E-state index in [4.69, 9.17) is 5.73 Å². The van der Waals surface area contributed by atoms with E-state index in [1.807, 2.05) is 6.92 Å². The topological polar surface area (TPSA) is 68.0 Å². The molecule has 0 aliphatic rings. The molecule has 1 atom stereocenters. The van der Waals surface area contributed by atoms with Crippen LogP contribution >= 0.6 is 0 Å². The molecule has 0 aromatic carbocycles. The number of nitrogen functional groups attached to an aromatic ring is 1. The predicted molar refractivity (Wildman–Crippen MR) is 65.0 cm³/mol. The number of hydrogen-bond acceptors (Lipinski definition) is 3. The van der Waals surface area contributed by atoms with Gasteiger partial charge < -0.3 is 11.1 Å². The first kappa shape index (κ1) is 12.5. The smallest absolute Gasteiger partial charge is 0.270 e. The van der Waals surface area contributed by atoms with E-state index in [1.54, 1.807) is 12.1 Å². The standard InChI is InChI=1S/C12H19N3O/c1-8(12(2,3)4)15-11(16)10-7-9(13)5-6-14-10/h5-8H,1-4H3,(H2,13,14)(H,15,16). The summed E-state index contributed by atoms with van der Waals surface area (Å²) in [4.78, 5) is 15.8. The van der Waals surface area contributed by atoms with Gasteiger partial charge in [0.1, 0.15) is 5.69 Å². The van der Waals surface area contributed by atoms with Gasteiger partial charge in [-0.25, -0.2) is 0 Å². The van der Waals surface area contributed by atoms with E-state index >= 15 is 0 Å². The molecule has 1 aromatic heterocycles. The van der Waals surface area contributed by atoms with Crippen molar-refractivity contribution in [3.05, 3.63) is 24.0 Å². The monoisotopic (exact) mass is 221 g/mol. The molecule has 3 N–H and O–H groups in total. The molecule has 0 aliphatic carbocycles. The number of carbonyl (C=O) groups excluding carboxylic acids is 1. The summed E-state index contributed by atoms with van der Waals surface area (Å²) < 4.78 is 0. The average Bonchev–Trinajstić information content (AvgIpc) is 2.16. The molecule has 4 nitrogen and oxygen atoms in total. The molecule has 1 aromatic rings. The third-order valence-corrected chi connectivity index (χ3v) is 2.66. The summed E-state index contributed by atoms with van der Waals surface area (Å²) in [5.41, 5.74) is 6.52. The second kappa shape index (κ2) is 4.51. The SMILES string of the molecule is CC(NC(=O)c1cc(N)ccn1)C(C)(C)C. The average molecular weight is 221 g/mol. The van der Waals surface area contributed by atoms with Crippen molar-refractivity contribution in [1.82, 2.24) is 10.3 Å². The van der Waals surface area contributed by atoms with Crippen LogP contribution < -0.4 is 11.1 Å². The maximum absolute atomic E-state index is 11.8. The largest absolute Gasteiger partial charge is 0.399 e. The van der Waals surface area contributed by atoms with Crippen LogP contribution in [0, 0.1) is 5.41 Å². The van der Waals surface area contributed by atoms with Crippen LogP contribution in [-0.2, 0) is 0 Å². The summed E-state index contributed by atoms with van der Waals surface area (Å²) in [5.74, 6) is -0.185. The third kappa shape index (κ3) is 3.22. The van der Waals surface area contributed by atoms with Crippen molar-refractivity contribution in [3.8, 4) is 0 Å². The van der Waals surface area contributed by atoms with Crippen LogP contribution in [0.1, 0.15) is 38.2 Å². The van der Waals surface area contributed by atoms with Gasteiger partial charge in [0.05, 0.1) is 0 Å². The zero-order valence-electron chi connectivity index (χ0n) is 10.2. The number of nitrogens with zero attached hydrogens (tertiary/aromatic N) is 1. The molecule has 0 aliphatic heterocycles. The number of nitrogens with one attached hydrogen (secondary N) is 1. The molecule has 1 amide bonds. The van der Waals surface area contributed by atoms with Gasteiger partial charge in [0.15, 0.2) is 0 Å². The fourth-order valence-corrected chi connectivity index (χ4v) is 1.06. The number of rotatable bonds is 2. The van der Waals surface area contributed by atoms with E-state index < -0.39 is 0 Å². The van der Waals surface area contributed by atoms with Crippen LogP contribution in [0.15, 0.2) is 18.3 Å². The maximum atomic E-state index is 11.8. The fourth-order valence-electron chi connectivity index (χ4n) is 1.06. The Morgan fingerprint density at radius 2 is 2.12 bits per heavy atom. The van der Waals surface area contributed by atoms with Crippen molar-refractivity contribution >= 4 is 11.6 Å². The summed E-state index contributed by atoms with van der Waals surface area (Å²) in [7, 11) is 0. The second-order valence-corrected chi connectivity index (χ2v) is 5.04. The molecule has 16 heavy (non-hydrogen) atoms. The molecule has 4 heteroatoms. The summed E-state index contributed by atoms with van der Waals surface area (Å²) in [6, 6.07) is 3.30. The molecule has 88 valence electrons. The summed E-state index contributed by atoms with van der Waals surface area (Å²) in [6.45, 7) is 8.20. The second-order valence-electron chi connectivity index (χ2n) is 5.04. The lowest BCUT2D eigenvalue weighted by Gasteiger charge is -2.27. The van der Waals surface area contributed by atoms with Crippen molar-refractivity contribution in [3.63, 3.8) is 0 Å².